The molecule has 78 valence electrons. The molecule has 4 nitrogen and oxygen atoms in total. The lowest BCUT2D eigenvalue weighted by atomic mass is 10.3. The molecule has 0 bridgehead atoms. The average Bonchev–Trinajstić information content (AvgIpc) is 2.18. The lowest BCUT2D eigenvalue weighted by Crippen LogP contribution is -2.46. The van der Waals surface area contributed by atoms with Gasteiger partial charge in [0.2, 0.25) is 0 Å². The van der Waals surface area contributed by atoms with Crippen LogP contribution in [0.4, 0.5) is 0 Å². The van der Waals surface area contributed by atoms with Crippen LogP contribution in [-0.2, 0) is 4.79 Å². The smallest absolute Gasteiger partial charge is 0.293 e. The van der Waals surface area contributed by atoms with Crippen molar-refractivity contribution in [2.24, 2.45) is 5.73 Å². The van der Waals surface area contributed by atoms with E-state index >= 15 is 0 Å². The van der Waals surface area contributed by atoms with Crippen LogP contribution in [0.5, 0.6) is 0 Å². The molecule has 1 aliphatic heterocycles. The van der Waals surface area contributed by atoms with Crippen molar-refractivity contribution in [1.29, 1.82) is 0 Å². The van der Waals surface area contributed by atoms with E-state index in [2.05, 4.69) is 28.6 Å². The largest absolute Gasteiger partial charge is 0.359 e. The fourth-order valence-corrected chi connectivity index (χ4v) is 1.50. The first-order chi connectivity index (χ1) is 6.72. The third-order valence-electron chi connectivity index (χ3n) is 2.43. The monoisotopic (exact) mass is 195 g/mol. The fraction of sp³-hybridized carbons (Fsp3) is 0.700. The predicted molar refractivity (Wildman–Crippen MR) is 55.5 cm³/mol. The zero-order valence-electron chi connectivity index (χ0n) is 8.62. The first-order valence-electron chi connectivity index (χ1n) is 4.95. The van der Waals surface area contributed by atoms with Crippen molar-refractivity contribution in [3.63, 3.8) is 0 Å². The molecule has 0 aromatic heterocycles. The Bertz CT molecular complexity index is 246. The molecule has 0 radical (unpaired) electrons. The molecule has 1 heterocycles. The second-order valence-corrected chi connectivity index (χ2v) is 3.38. The van der Waals surface area contributed by atoms with E-state index in [0.717, 1.165) is 32.7 Å². The number of primary amides is 1. The second kappa shape index (κ2) is 5.63. The van der Waals surface area contributed by atoms with Gasteiger partial charge in [0.15, 0.2) is 0 Å². The molecule has 4 heteroatoms. The first kappa shape index (κ1) is 11.0. The summed E-state index contributed by atoms with van der Waals surface area (Å²) in [6.45, 7) is 8.18. The molecular weight excluding hydrogens is 178 g/mol. The van der Waals surface area contributed by atoms with Gasteiger partial charge in [-0.2, -0.15) is 0 Å². The van der Waals surface area contributed by atoms with Crippen LogP contribution in [0.3, 0.4) is 0 Å². The summed E-state index contributed by atoms with van der Waals surface area (Å²) < 4.78 is 0. The summed E-state index contributed by atoms with van der Waals surface area (Å²) in [7, 11) is 0. The van der Waals surface area contributed by atoms with Crippen molar-refractivity contribution >= 4 is 5.91 Å². The van der Waals surface area contributed by atoms with Crippen molar-refractivity contribution in [2.45, 2.75) is 6.92 Å². The number of hydrogen-bond donors (Lipinski definition) is 1. The topological polar surface area (TPSA) is 49.6 Å². The van der Waals surface area contributed by atoms with E-state index in [4.69, 9.17) is 5.73 Å². The highest BCUT2D eigenvalue weighted by Gasteiger charge is 2.13. The Labute approximate surface area is 85.0 Å². The standard InChI is InChI=1S/C10H17N3O/c1-2-12-6-8-13(9-7-12)5-3-4-10(11)14/h2,5-9H2,1H3,(H2,11,14). The Morgan fingerprint density at radius 2 is 1.86 bits per heavy atom. The van der Waals surface area contributed by atoms with Gasteiger partial charge in [0.1, 0.15) is 0 Å². The molecule has 1 rings (SSSR count). The van der Waals surface area contributed by atoms with Crippen LogP contribution in [0, 0.1) is 11.8 Å². The average molecular weight is 195 g/mol. The number of carbonyl (C=O) groups excluding carboxylic acids is 1. The highest BCUT2D eigenvalue weighted by molar-refractivity contribution is 5.91. The van der Waals surface area contributed by atoms with Gasteiger partial charge in [-0.05, 0) is 12.5 Å². The van der Waals surface area contributed by atoms with Gasteiger partial charge in [0.05, 0.1) is 6.54 Å². The lowest BCUT2D eigenvalue weighted by Gasteiger charge is -2.32. The Morgan fingerprint density at radius 1 is 1.29 bits per heavy atom. The van der Waals surface area contributed by atoms with Crippen LogP contribution in [0.2, 0.25) is 0 Å². The van der Waals surface area contributed by atoms with E-state index < -0.39 is 5.91 Å². The van der Waals surface area contributed by atoms with E-state index in [1.54, 1.807) is 0 Å². The van der Waals surface area contributed by atoms with Crippen molar-refractivity contribution in [3.8, 4) is 11.8 Å². The molecule has 0 aromatic carbocycles. The van der Waals surface area contributed by atoms with Crippen LogP contribution in [-0.4, -0.2) is 55.0 Å². The summed E-state index contributed by atoms with van der Waals surface area (Å²) in [5.41, 5.74) is 4.91. The molecular formula is C10H17N3O. The zero-order chi connectivity index (χ0) is 10.4. The summed E-state index contributed by atoms with van der Waals surface area (Å²) in [6.07, 6.45) is 0. The zero-order valence-corrected chi connectivity index (χ0v) is 8.62. The minimum Gasteiger partial charge on any atom is -0.359 e. The number of rotatable bonds is 2. The first-order valence-corrected chi connectivity index (χ1v) is 4.95. The third-order valence-corrected chi connectivity index (χ3v) is 2.43. The molecule has 0 spiro atoms. The van der Waals surface area contributed by atoms with Gasteiger partial charge in [0.25, 0.3) is 5.91 Å². The molecule has 0 aliphatic carbocycles. The predicted octanol–water partition coefficient (Wildman–Crippen LogP) is -0.887. The number of piperazine rings is 1. The molecule has 14 heavy (non-hydrogen) atoms. The minimum atomic E-state index is -0.544. The van der Waals surface area contributed by atoms with Crippen LogP contribution < -0.4 is 5.73 Å². The van der Waals surface area contributed by atoms with Gasteiger partial charge in [0, 0.05) is 26.2 Å². The van der Waals surface area contributed by atoms with Crippen molar-refractivity contribution < 1.29 is 4.79 Å². The Balaban J connectivity index is 2.23. The Morgan fingerprint density at radius 3 is 2.36 bits per heavy atom. The number of carbonyl (C=O) groups is 1. The Kier molecular flexibility index (Phi) is 4.44. The molecule has 0 aromatic rings. The van der Waals surface area contributed by atoms with Crippen molar-refractivity contribution in [3.05, 3.63) is 0 Å². The lowest BCUT2D eigenvalue weighted by molar-refractivity contribution is -0.112. The van der Waals surface area contributed by atoms with Crippen LogP contribution in [0.15, 0.2) is 0 Å². The molecule has 1 aliphatic rings. The number of hydrogen-bond acceptors (Lipinski definition) is 3. The summed E-state index contributed by atoms with van der Waals surface area (Å²) in [6, 6.07) is 0. The SMILES string of the molecule is CCN1CCN(CC#CC(N)=O)CC1. The maximum Gasteiger partial charge on any atom is 0.293 e. The maximum atomic E-state index is 10.4. The van der Waals surface area contributed by atoms with Gasteiger partial charge in [-0.25, -0.2) is 0 Å². The van der Waals surface area contributed by atoms with Gasteiger partial charge in [-0.3, -0.25) is 9.69 Å². The normalized spacial score (nSPS) is 18.6. The summed E-state index contributed by atoms with van der Waals surface area (Å²) in [5.74, 6) is 4.58. The maximum absolute atomic E-state index is 10.4. The molecule has 1 fully saturated rings. The second-order valence-electron chi connectivity index (χ2n) is 3.38. The summed E-state index contributed by atoms with van der Waals surface area (Å²) in [5, 5.41) is 0. The van der Waals surface area contributed by atoms with Crippen molar-refractivity contribution in [2.75, 3.05) is 39.3 Å². The molecule has 1 saturated heterocycles. The highest BCUT2D eigenvalue weighted by Crippen LogP contribution is 1.99. The van der Waals surface area contributed by atoms with E-state index in [0.29, 0.717) is 6.54 Å². The summed E-state index contributed by atoms with van der Waals surface area (Å²) >= 11 is 0. The molecule has 1 amide bonds. The van der Waals surface area contributed by atoms with E-state index in [9.17, 15) is 4.79 Å². The minimum absolute atomic E-state index is 0.544. The quantitative estimate of drug-likeness (QED) is 0.582. The third kappa shape index (κ3) is 3.77. The Hall–Kier alpha value is -1.05. The van der Waals surface area contributed by atoms with Crippen LogP contribution >= 0.6 is 0 Å². The van der Waals surface area contributed by atoms with Gasteiger partial charge in [-0.1, -0.05) is 12.8 Å². The van der Waals surface area contributed by atoms with Crippen molar-refractivity contribution in [1.82, 2.24) is 9.80 Å². The number of nitrogens with two attached hydrogens (primary N) is 1. The molecule has 0 unspecified atom stereocenters. The fourth-order valence-electron chi connectivity index (χ4n) is 1.50. The number of amides is 1. The van der Waals surface area contributed by atoms with E-state index in [1.807, 2.05) is 0 Å². The molecule has 0 atom stereocenters. The number of likely N-dealkylation sites (N-methyl/N-ethyl adjacent to an activating group) is 1. The van der Waals surface area contributed by atoms with Gasteiger partial charge in [-0.15, -0.1) is 0 Å². The highest BCUT2D eigenvalue weighted by atomic mass is 16.1. The van der Waals surface area contributed by atoms with Gasteiger partial charge >= 0.3 is 0 Å². The molecule has 0 saturated carbocycles. The van der Waals surface area contributed by atoms with Crippen LogP contribution in [0.1, 0.15) is 6.92 Å². The van der Waals surface area contributed by atoms with Gasteiger partial charge < -0.3 is 10.6 Å². The van der Waals surface area contributed by atoms with Crippen LogP contribution in [0.25, 0.3) is 0 Å². The number of nitrogens with zero attached hydrogens (tertiary/aromatic N) is 2. The summed E-state index contributed by atoms with van der Waals surface area (Å²) in [4.78, 5) is 15.0. The van der Waals surface area contributed by atoms with E-state index in [-0.39, 0.29) is 0 Å². The molecule has 2 N–H and O–H groups in total. The van der Waals surface area contributed by atoms with E-state index in [1.165, 1.54) is 0 Å².